The van der Waals surface area contributed by atoms with E-state index in [9.17, 15) is 9.59 Å². The van der Waals surface area contributed by atoms with E-state index in [0.717, 1.165) is 11.1 Å². The molecule has 0 fully saturated rings. The molecule has 0 aliphatic heterocycles. The standard InChI is InChI=1S/C22H26N2O4S/c1-22(2,3)28-21(26)23-18(14-16-10-6-4-7-11-16)19(29)24-20(25)27-15-17-12-8-5-9-13-17/h4-13,18H,14-15H2,1-3H3,(H,23,26)(H,24,25,29)/t18-/m0/s1. The number of benzene rings is 2. The van der Waals surface area contributed by atoms with Gasteiger partial charge in [0, 0.05) is 0 Å². The summed E-state index contributed by atoms with van der Waals surface area (Å²) in [6, 6.07) is 18.2. The Bertz CT molecular complexity index is 820. The Morgan fingerprint density at radius 2 is 1.48 bits per heavy atom. The molecule has 0 saturated heterocycles. The maximum atomic E-state index is 12.2. The van der Waals surface area contributed by atoms with E-state index in [1.54, 1.807) is 20.8 Å². The first-order valence-electron chi connectivity index (χ1n) is 9.28. The van der Waals surface area contributed by atoms with Crippen LogP contribution < -0.4 is 10.6 Å². The molecule has 0 heterocycles. The predicted molar refractivity (Wildman–Crippen MR) is 116 cm³/mol. The van der Waals surface area contributed by atoms with Gasteiger partial charge in [0.2, 0.25) is 0 Å². The van der Waals surface area contributed by atoms with Gasteiger partial charge in [0.1, 0.15) is 17.2 Å². The van der Waals surface area contributed by atoms with Gasteiger partial charge in [-0.05, 0) is 38.3 Å². The highest BCUT2D eigenvalue weighted by molar-refractivity contribution is 7.80. The Labute approximate surface area is 176 Å². The van der Waals surface area contributed by atoms with E-state index in [4.69, 9.17) is 21.7 Å². The van der Waals surface area contributed by atoms with Crippen molar-refractivity contribution in [1.29, 1.82) is 0 Å². The summed E-state index contributed by atoms with van der Waals surface area (Å²) in [7, 11) is 0. The van der Waals surface area contributed by atoms with Gasteiger partial charge in [-0.25, -0.2) is 9.59 Å². The second-order valence-corrected chi connectivity index (χ2v) is 7.88. The van der Waals surface area contributed by atoms with E-state index in [-0.39, 0.29) is 11.6 Å². The van der Waals surface area contributed by atoms with Crippen LogP contribution >= 0.6 is 12.2 Å². The molecule has 7 heteroatoms. The van der Waals surface area contributed by atoms with E-state index in [1.165, 1.54) is 0 Å². The number of amides is 2. The molecule has 0 radical (unpaired) electrons. The Morgan fingerprint density at radius 3 is 2.03 bits per heavy atom. The molecular formula is C22H26N2O4S. The van der Waals surface area contributed by atoms with Gasteiger partial charge in [-0.2, -0.15) is 0 Å². The highest BCUT2D eigenvalue weighted by Gasteiger charge is 2.23. The molecule has 6 nitrogen and oxygen atoms in total. The van der Waals surface area contributed by atoms with Gasteiger partial charge in [0.25, 0.3) is 0 Å². The second-order valence-electron chi connectivity index (χ2n) is 7.44. The Hall–Kier alpha value is -2.93. The summed E-state index contributed by atoms with van der Waals surface area (Å²) in [5.74, 6) is 0. The molecule has 0 aliphatic rings. The van der Waals surface area contributed by atoms with Crippen molar-refractivity contribution < 1.29 is 19.1 Å². The lowest BCUT2D eigenvalue weighted by molar-refractivity contribution is 0.0517. The average molecular weight is 415 g/mol. The molecule has 154 valence electrons. The number of thiocarbonyl (C=S) groups is 1. The first-order chi connectivity index (χ1) is 13.7. The third-order valence-corrected chi connectivity index (χ3v) is 4.11. The molecule has 0 aliphatic carbocycles. The van der Waals surface area contributed by atoms with Crippen molar-refractivity contribution in [3.05, 3.63) is 71.8 Å². The second kappa shape index (κ2) is 10.6. The molecule has 0 aromatic heterocycles. The van der Waals surface area contributed by atoms with Gasteiger partial charge >= 0.3 is 12.2 Å². The van der Waals surface area contributed by atoms with Crippen LogP contribution in [-0.4, -0.2) is 28.8 Å². The molecule has 2 aromatic rings. The van der Waals surface area contributed by atoms with Gasteiger partial charge in [-0.15, -0.1) is 0 Å². The largest absolute Gasteiger partial charge is 0.444 e. The quantitative estimate of drug-likeness (QED) is 0.686. The van der Waals surface area contributed by atoms with Crippen LogP contribution in [0.1, 0.15) is 31.9 Å². The lowest BCUT2D eigenvalue weighted by Gasteiger charge is -2.24. The molecule has 2 amide bonds. The van der Waals surface area contributed by atoms with Crippen LogP contribution in [0, 0.1) is 0 Å². The molecule has 0 unspecified atom stereocenters. The van der Waals surface area contributed by atoms with Gasteiger partial charge < -0.3 is 14.8 Å². The highest BCUT2D eigenvalue weighted by Crippen LogP contribution is 2.09. The molecule has 1 atom stereocenters. The third kappa shape index (κ3) is 8.74. The van der Waals surface area contributed by atoms with Gasteiger partial charge in [0.05, 0.1) is 6.04 Å². The van der Waals surface area contributed by atoms with E-state index in [0.29, 0.717) is 6.42 Å². The van der Waals surface area contributed by atoms with Crippen LogP contribution in [0.25, 0.3) is 0 Å². The summed E-state index contributed by atoms with van der Waals surface area (Å²) in [5, 5.41) is 5.27. The summed E-state index contributed by atoms with van der Waals surface area (Å²) in [4.78, 5) is 24.5. The number of carbonyl (C=O) groups excluding carboxylic acids is 2. The van der Waals surface area contributed by atoms with E-state index < -0.39 is 23.8 Å². The van der Waals surface area contributed by atoms with Crippen molar-refractivity contribution in [3.63, 3.8) is 0 Å². The van der Waals surface area contributed by atoms with Crippen molar-refractivity contribution in [3.8, 4) is 0 Å². The number of carbonyl (C=O) groups is 2. The van der Waals surface area contributed by atoms with E-state index in [2.05, 4.69) is 10.6 Å². The zero-order valence-electron chi connectivity index (χ0n) is 16.8. The van der Waals surface area contributed by atoms with Crippen LogP contribution in [0.2, 0.25) is 0 Å². The smallest absolute Gasteiger partial charge is 0.412 e. The van der Waals surface area contributed by atoms with Crippen molar-refractivity contribution in [2.45, 2.75) is 45.4 Å². The molecule has 2 aromatic carbocycles. The van der Waals surface area contributed by atoms with Crippen molar-refractivity contribution in [1.82, 2.24) is 10.6 Å². The number of alkyl carbamates (subject to hydrolysis) is 2. The Morgan fingerprint density at radius 1 is 0.931 bits per heavy atom. The number of hydrogen-bond acceptors (Lipinski definition) is 5. The molecule has 0 bridgehead atoms. The highest BCUT2D eigenvalue weighted by atomic mass is 32.1. The monoisotopic (exact) mass is 414 g/mol. The SMILES string of the molecule is CC(C)(C)OC(=O)N[C@@H](Cc1ccccc1)C(=S)NC(=O)OCc1ccccc1. The van der Waals surface area contributed by atoms with E-state index in [1.807, 2.05) is 60.7 Å². The fourth-order valence-electron chi connectivity index (χ4n) is 2.46. The average Bonchev–Trinajstić information content (AvgIpc) is 2.66. The maximum Gasteiger partial charge on any atom is 0.412 e. The number of hydrogen-bond donors (Lipinski definition) is 2. The van der Waals surface area contributed by atoms with Crippen LogP contribution in [0.15, 0.2) is 60.7 Å². The third-order valence-electron chi connectivity index (χ3n) is 3.73. The fourth-order valence-corrected chi connectivity index (χ4v) is 2.68. The number of rotatable bonds is 6. The lowest BCUT2D eigenvalue weighted by atomic mass is 10.1. The summed E-state index contributed by atoms with van der Waals surface area (Å²) >= 11 is 5.36. The molecule has 2 N–H and O–H groups in total. The van der Waals surface area contributed by atoms with Gasteiger partial charge in [-0.1, -0.05) is 72.9 Å². The summed E-state index contributed by atoms with van der Waals surface area (Å²) in [6.45, 7) is 5.45. The van der Waals surface area contributed by atoms with Crippen molar-refractivity contribution >= 4 is 29.4 Å². The molecule has 29 heavy (non-hydrogen) atoms. The number of ether oxygens (including phenoxy) is 2. The zero-order chi connectivity index (χ0) is 21.3. The predicted octanol–water partition coefficient (Wildman–Crippen LogP) is 4.38. The van der Waals surface area contributed by atoms with Crippen molar-refractivity contribution in [2.24, 2.45) is 0 Å². The molecule has 0 spiro atoms. The molecule has 2 rings (SSSR count). The normalized spacial score (nSPS) is 11.8. The number of nitrogens with one attached hydrogen (secondary N) is 2. The minimum absolute atomic E-state index is 0.123. The topological polar surface area (TPSA) is 76.7 Å². The minimum Gasteiger partial charge on any atom is -0.444 e. The van der Waals surface area contributed by atoms with Crippen LogP contribution in [-0.2, 0) is 22.5 Å². The Balaban J connectivity index is 1.98. The van der Waals surface area contributed by atoms with Gasteiger partial charge in [-0.3, -0.25) is 5.32 Å². The van der Waals surface area contributed by atoms with E-state index >= 15 is 0 Å². The minimum atomic E-state index is -0.678. The van der Waals surface area contributed by atoms with Crippen LogP contribution in [0.4, 0.5) is 9.59 Å². The van der Waals surface area contributed by atoms with Crippen molar-refractivity contribution in [2.75, 3.05) is 0 Å². The zero-order valence-corrected chi connectivity index (χ0v) is 17.6. The first kappa shape index (κ1) is 22.4. The van der Waals surface area contributed by atoms with Gasteiger partial charge in [0.15, 0.2) is 0 Å². The fraction of sp³-hybridized carbons (Fsp3) is 0.318. The molecule has 0 saturated carbocycles. The first-order valence-corrected chi connectivity index (χ1v) is 9.69. The maximum absolute atomic E-state index is 12.2. The Kier molecular flexibility index (Phi) is 8.15. The summed E-state index contributed by atoms with van der Waals surface area (Å²) < 4.78 is 10.5. The summed E-state index contributed by atoms with van der Waals surface area (Å²) in [5.41, 5.74) is 1.17. The van der Waals surface area contributed by atoms with Crippen LogP contribution in [0.3, 0.4) is 0 Å². The summed E-state index contributed by atoms with van der Waals surface area (Å²) in [6.07, 6.45) is -0.888. The molecular weight excluding hydrogens is 388 g/mol. The lowest BCUT2D eigenvalue weighted by Crippen LogP contribution is -2.49. The van der Waals surface area contributed by atoms with Crippen LogP contribution in [0.5, 0.6) is 0 Å².